The van der Waals surface area contributed by atoms with Gasteiger partial charge in [-0.15, -0.1) is 0 Å². The molecule has 0 N–H and O–H groups in total. The normalized spacial score (nSPS) is 11.1. The lowest BCUT2D eigenvalue weighted by atomic mass is 9.97. The van der Waals surface area contributed by atoms with Gasteiger partial charge in [0.05, 0.1) is 17.7 Å². The molecule has 2 rings (SSSR count). The average molecular weight is 375 g/mol. The molecule has 9 heteroatoms. The summed E-state index contributed by atoms with van der Waals surface area (Å²) >= 11 is 5.73. The maximum atomic E-state index is 14.1. The van der Waals surface area contributed by atoms with E-state index in [1.165, 1.54) is 6.07 Å². The summed E-state index contributed by atoms with van der Waals surface area (Å²) in [4.78, 5) is 2.50. The fourth-order valence-corrected chi connectivity index (χ4v) is 2.38. The summed E-state index contributed by atoms with van der Waals surface area (Å²) in [5.41, 5.74) is -4.02. The summed E-state index contributed by atoms with van der Waals surface area (Å²) in [6, 6.07) is 3.51. The summed E-state index contributed by atoms with van der Waals surface area (Å²) in [7, 11) is 0. The molecule has 128 valence electrons. The molecule has 0 spiro atoms. The summed E-state index contributed by atoms with van der Waals surface area (Å²) < 4.78 is 79.6. The largest absolute Gasteiger partial charge is 0.416 e. The predicted octanol–water partition coefficient (Wildman–Crippen LogP) is 5.79. The molecule has 2 aromatic carbocycles. The van der Waals surface area contributed by atoms with Crippen LogP contribution in [0.5, 0.6) is 0 Å². The quantitative estimate of drug-likeness (QED) is 0.371. The number of benzene rings is 2. The summed E-state index contributed by atoms with van der Waals surface area (Å²) in [5, 5.41) is 8.56. The van der Waals surface area contributed by atoms with Crippen LogP contribution in [0.4, 0.5) is 32.0 Å². The third-order valence-corrected chi connectivity index (χ3v) is 3.72. The van der Waals surface area contributed by atoms with Crippen molar-refractivity contribution in [3.8, 4) is 6.07 Å². The molecule has 2 aromatic rings. The minimum Gasteiger partial charge on any atom is -0.232 e. The van der Waals surface area contributed by atoms with Gasteiger partial charge in [-0.3, -0.25) is 0 Å². The minimum absolute atomic E-state index is 0.0700. The van der Waals surface area contributed by atoms with Crippen molar-refractivity contribution in [2.45, 2.75) is 12.6 Å². The highest BCUT2D eigenvalue weighted by molar-refractivity contribution is 6.31. The van der Waals surface area contributed by atoms with Crippen molar-refractivity contribution in [2.75, 3.05) is 0 Å². The van der Waals surface area contributed by atoms with Crippen LogP contribution in [0.2, 0.25) is 5.02 Å². The van der Waals surface area contributed by atoms with Gasteiger partial charge in [0.1, 0.15) is 6.07 Å². The Morgan fingerprint density at radius 2 is 1.76 bits per heavy atom. The molecule has 0 atom stereocenters. The van der Waals surface area contributed by atoms with Crippen LogP contribution in [0.3, 0.4) is 0 Å². The molecule has 0 saturated carbocycles. The van der Waals surface area contributed by atoms with Gasteiger partial charge in [-0.1, -0.05) is 17.7 Å². The molecule has 0 aliphatic heterocycles. The Hall–Kier alpha value is -2.71. The number of nitriles is 1. The van der Waals surface area contributed by atoms with Crippen LogP contribution < -0.4 is 0 Å². The van der Waals surface area contributed by atoms with E-state index in [1.54, 1.807) is 0 Å². The zero-order valence-corrected chi connectivity index (χ0v) is 12.7. The number of alkyl halides is 3. The van der Waals surface area contributed by atoms with Crippen molar-refractivity contribution in [1.29, 1.82) is 5.26 Å². The predicted molar refractivity (Wildman–Crippen MR) is 76.6 cm³/mol. The van der Waals surface area contributed by atoms with E-state index in [0.717, 1.165) is 6.07 Å². The van der Waals surface area contributed by atoms with Crippen LogP contribution in [0.1, 0.15) is 22.3 Å². The Balaban J connectivity index is 2.59. The molecule has 0 radical (unpaired) electrons. The molecule has 0 bridgehead atoms. The lowest BCUT2D eigenvalue weighted by Crippen LogP contribution is -2.07. The van der Waals surface area contributed by atoms with E-state index in [-0.39, 0.29) is 5.56 Å². The van der Waals surface area contributed by atoms with Crippen LogP contribution in [0, 0.1) is 35.4 Å². The average Bonchev–Trinajstić information content (AvgIpc) is 2.54. The van der Waals surface area contributed by atoms with E-state index in [4.69, 9.17) is 23.4 Å². The fraction of sp³-hybridized carbons (Fsp3) is 0.125. The molecule has 0 aliphatic carbocycles. The van der Waals surface area contributed by atoms with Gasteiger partial charge in [0, 0.05) is 17.0 Å². The third-order valence-electron chi connectivity index (χ3n) is 3.37. The van der Waals surface area contributed by atoms with Crippen molar-refractivity contribution in [2.24, 2.45) is 0 Å². The van der Waals surface area contributed by atoms with Gasteiger partial charge < -0.3 is 0 Å². The monoisotopic (exact) mass is 374 g/mol. The molecule has 0 aromatic heterocycles. The molecule has 2 nitrogen and oxygen atoms in total. The lowest BCUT2D eigenvalue weighted by molar-refractivity contribution is -0.137. The maximum absolute atomic E-state index is 14.1. The van der Waals surface area contributed by atoms with Gasteiger partial charge >= 0.3 is 6.18 Å². The van der Waals surface area contributed by atoms with Gasteiger partial charge in [0.2, 0.25) is 0 Å². The SMILES string of the molecule is [C-]#[N+]c1c(F)c(F)c(Cc2ccc(C(F)(F)F)cc2Cl)c(C#N)c1F. The van der Waals surface area contributed by atoms with Crippen molar-refractivity contribution < 1.29 is 26.3 Å². The van der Waals surface area contributed by atoms with E-state index in [0.29, 0.717) is 12.1 Å². The second-order valence-corrected chi connectivity index (χ2v) is 5.26. The van der Waals surface area contributed by atoms with E-state index >= 15 is 0 Å². The van der Waals surface area contributed by atoms with Gasteiger partial charge in [0.25, 0.3) is 5.69 Å². The van der Waals surface area contributed by atoms with Crippen molar-refractivity contribution in [3.63, 3.8) is 0 Å². The first-order valence-corrected chi connectivity index (χ1v) is 6.82. The summed E-state index contributed by atoms with van der Waals surface area (Å²) in [6.45, 7) is 6.64. The molecule has 0 heterocycles. The molecule has 0 aliphatic rings. The standard InChI is InChI=1S/C16H5ClF6N2/c1-25-15-13(19)10(6-24)9(12(18)14(15)20)4-7-2-3-8(5-11(7)17)16(21,22)23/h2-3,5H,4H2. The van der Waals surface area contributed by atoms with Crippen molar-refractivity contribution in [3.05, 3.63) is 74.3 Å². The first-order chi connectivity index (χ1) is 11.6. The lowest BCUT2D eigenvalue weighted by Gasteiger charge is -2.13. The Kier molecular flexibility index (Phi) is 4.96. The Morgan fingerprint density at radius 3 is 2.24 bits per heavy atom. The Bertz CT molecular complexity index is 938. The molecular weight excluding hydrogens is 370 g/mol. The second kappa shape index (κ2) is 6.66. The van der Waals surface area contributed by atoms with E-state index < -0.39 is 57.4 Å². The van der Waals surface area contributed by atoms with E-state index in [2.05, 4.69) is 4.85 Å². The van der Waals surface area contributed by atoms with E-state index in [9.17, 15) is 26.3 Å². The Morgan fingerprint density at radius 1 is 1.12 bits per heavy atom. The number of nitrogens with zero attached hydrogens (tertiary/aromatic N) is 2. The summed E-state index contributed by atoms with van der Waals surface area (Å²) in [6.07, 6.45) is -5.28. The van der Waals surface area contributed by atoms with Gasteiger partial charge in [0.15, 0.2) is 17.5 Å². The number of halogens is 7. The topological polar surface area (TPSA) is 28.1 Å². The first-order valence-electron chi connectivity index (χ1n) is 6.44. The molecule has 0 fully saturated rings. The number of rotatable bonds is 2. The highest BCUT2D eigenvalue weighted by Gasteiger charge is 2.31. The van der Waals surface area contributed by atoms with Crippen LogP contribution in [0.25, 0.3) is 4.85 Å². The molecule has 0 saturated heterocycles. The van der Waals surface area contributed by atoms with Crippen LogP contribution in [0.15, 0.2) is 18.2 Å². The maximum Gasteiger partial charge on any atom is 0.416 e. The molecular formula is C16H5ClF6N2. The summed E-state index contributed by atoms with van der Waals surface area (Å²) in [5.74, 6) is -4.93. The second-order valence-electron chi connectivity index (χ2n) is 4.85. The van der Waals surface area contributed by atoms with Gasteiger partial charge in [-0.2, -0.15) is 18.4 Å². The Labute approximate surface area is 142 Å². The minimum atomic E-state index is -4.65. The smallest absolute Gasteiger partial charge is 0.232 e. The molecule has 0 unspecified atom stereocenters. The fourth-order valence-electron chi connectivity index (χ4n) is 2.13. The van der Waals surface area contributed by atoms with Crippen molar-refractivity contribution >= 4 is 17.3 Å². The molecule has 0 amide bonds. The van der Waals surface area contributed by atoms with E-state index in [1.807, 2.05) is 0 Å². The zero-order chi connectivity index (χ0) is 18.9. The molecule has 25 heavy (non-hydrogen) atoms. The van der Waals surface area contributed by atoms with Gasteiger partial charge in [-0.05, 0) is 17.7 Å². The highest BCUT2D eigenvalue weighted by Crippen LogP contribution is 2.35. The highest BCUT2D eigenvalue weighted by atomic mass is 35.5. The number of hydrogen-bond donors (Lipinski definition) is 0. The third kappa shape index (κ3) is 3.40. The van der Waals surface area contributed by atoms with Crippen molar-refractivity contribution in [1.82, 2.24) is 0 Å². The van der Waals surface area contributed by atoms with Crippen LogP contribution in [-0.2, 0) is 12.6 Å². The van der Waals surface area contributed by atoms with Gasteiger partial charge in [-0.25, -0.2) is 18.0 Å². The zero-order valence-electron chi connectivity index (χ0n) is 12.0. The first kappa shape index (κ1) is 18.6. The van der Waals surface area contributed by atoms with Crippen LogP contribution in [-0.4, -0.2) is 0 Å². The number of hydrogen-bond acceptors (Lipinski definition) is 1. The van der Waals surface area contributed by atoms with Crippen LogP contribution >= 0.6 is 11.6 Å².